The number of benzene rings is 1. The molecule has 0 saturated carbocycles. The Kier molecular flexibility index (Phi) is 4.39. The van der Waals surface area contributed by atoms with Gasteiger partial charge in [-0.05, 0) is 31.2 Å². The van der Waals surface area contributed by atoms with E-state index < -0.39 is 29.4 Å². The summed E-state index contributed by atoms with van der Waals surface area (Å²) in [7, 11) is 0. The van der Waals surface area contributed by atoms with E-state index in [-0.39, 0.29) is 17.9 Å². The van der Waals surface area contributed by atoms with Crippen LogP contribution in [0.4, 0.5) is 13.2 Å². The van der Waals surface area contributed by atoms with Crippen molar-refractivity contribution in [1.82, 2.24) is 9.78 Å². The van der Waals surface area contributed by atoms with Crippen molar-refractivity contribution in [3.63, 3.8) is 0 Å². The summed E-state index contributed by atoms with van der Waals surface area (Å²) in [5.74, 6) is -2.30. The quantitative estimate of drug-likeness (QED) is 0.873. The van der Waals surface area contributed by atoms with Crippen LogP contribution < -0.4 is 0 Å². The molecule has 0 radical (unpaired) electrons. The number of hydrogen-bond donors (Lipinski definition) is 1. The predicted octanol–water partition coefficient (Wildman–Crippen LogP) is 2.77. The molecule has 0 atom stereocenters. The normalized spacial score (nSPS) is 11.3. The van der Waals surface area contributed by atoms with Gasteiger partial charge in [0.05, 0.1) is 17.9 Å². The molecule has 9 heteroatoms. The number of carboxylic acids is 1. The summed E-state index contributed by atoms with van der Waals surface area (Å²) in [6.45, 7) is 1.40. The van der Waals surface area contributed by atoms with Crippen LogP contribution in [0.1, 0.15) is 33.3 Å². The summed E-state index contributed by atoms with van der Waals surface area (Å²) in [5, 5.41) is 12.2. The van der Waals surface area contributed by atoms with Crippen molar-refractivity contribution in [3.05, 3.63) is 47.3 Å². The number of halogens is 3. The highest BCUT2D eigenvalue weighted by Crippen LogP contribution is 2.31. The van der Waals surface area contributed by atoms with Crippen molar-refractivity contribution >= 4 is 11.9 Å². The first-order chi connectivity index (χ1) is 10.7. The number of ether oxygens (including phenoxy) is 1. The summed E-state index contributed by atoms with van der Waals surface area (Å²) >= 11 is 0. The van der Waals surface area contributed by atoms with Crippen LogP contribution in [0.5, 0.6) is 0 Å². The molecule has 23 heavy (non-hydrogen) atoms. The van der Waals surface area contributed by atoms with E-state index in [9.17, 15) is 22.8 Å². The Balaban J connectivity index is 2.47. The second kappa shape index (κ2) is 6.11. The van der Waals surface area contributed by atoms with Gasteiger partial charge in [0.15, 0.2) is 5.69 Å². The first-order valence-electron chi connectivity index (χ1n) is 6.41. The van der Waals surface area contributed by atoms with Gasteiger partial charge in [0.2, 0.25) is 0 Å². The van der Waals surface area contributed by atoms with Crippen molar-refractivity contribution in [2.45, 2.75) is 13.1 Å². The topological polar surface area (TPSA) is 81.4 Å². The van der Waals surface area contributed by atoms with Crippen molar-refractivity contribution in [2.75, 3.05) is 6.61 Å². The maximum atomic E-state index is 13.0. The van der Waals surface area contributed by atoms with E-state index in [0.29, 0.717) is 0 Å². The van der Waals surface area contributed by atoms with Gasteiger partial charge in [-0.2, -0.15) is 18.3 Å². The van der Waals surface area contributed by atoms with Crippen LogP contribution in [0.2, 0.25) is 0 Å². The maximum absolute atomic E-state index is 13.0. The Labute approximate surface area is 128 Å². The Morgan fingerprint density at radius 1 is 1.26 bits per heavy atom. The Hall–Kier alpha value is -2.84. The van der Waals surface area contributed by atoms with Crippen LogP contribution in [0.25, 0.3) is 5.69 Å². The first kappa shape index (κ1) is 16.5. The SMILES string of the molecule is CCOC(=O)c1cn(-c2ccc(C(=O)O)cc2)nc1C(F)(F)F. The van der Waals surface area contributed by atoms with Crippen LogP contribution in [0.15, 0.2) is 30.5 Å². The molecular weight excluding hydrogens is 317 g/mol. The number of aromatic carboxylic acids is 1. The third kappa shape index (κ3) is 3.50. The van der Waals surface area contributed by atoms with Crippen molar-refractivity contribution < 1.29 is 32.6 Å². The average Bonchev–Trinajstić information content (AvgIpc) is 2.93. The van der Waals surface area contributed by atoms with Gasteiger partial charge in [0.25, 0.3) is 0 Å². The van der Waals surface area contributed by atoms with Crippen LogP contribution in [-0.2, 0) is 10.9 Å². The molecule has 6 nitrogen and oxygen atoms in total. The number of esters is 1. The smallest absolute Gasteiger partial charge is 0.436 e. The molecule has 0 fully saturated rings. The third-order valence-electron chi connectivity index (χ3n) is 2.86. The molecule has 122 valence electrons. The highest BCUT2D eigenvalue weighted by molar-refractivity contribution is 5.91. The van der Waals surface area contributed by atoms with Gasteiger partial charge < -0.3 is 9.84 Å². The number of nitrogens with zero attached hydrogens (tertiary/aromatic N) is 2. The van der Waals surface area contributed by atoms with Gasteiger partial charge in [-0.15, -0.1) is 0 Å². The molecule has 0 unspecified atom stereocenters. The summed E-state index contributed by atoms with van der Waals surface area (Å²) in [6, 6.07) is 5.00. The number of carboxylic acid groups (broad SMARTS) is 1. The molecule has 1 N–H and O–H groups in total. The molecule has 1 aromatic carbocycles. The molecule has 2 aromatic rings. The molecule has 0 bridgehead atoms. The van der Waals surface area contributed by atoms with E-state index in [1.807, 2.05) is 0 Å². The second-order valence-corrected chi connectivity index (χ2v) is 4.41. The standard InChI is InChI=1S/C14H11F3N2O4/c1-2-23-13(22)10-7-19(18-11(10)14(15,16)17)9-5-3-8(4-6-9)12(20)21/h3-7H,2H2,1H3,(H,20,21). The van der Waals surface area contributed by atoms with Crippen LogP contribution in [0.3, 0.4) is 0 Å². The molecule has 0 aliphatic carbocycles. The van der Waals surface area contributed by atoms with Gasteiger partial charge in [-0.25, -0.2) is 14.3 Å². The molecule has 0 aliphatic heterocycles. The summed E-state index contributed by atoms with van der Waals surface area (Å²) < 4.78 is 44.4. The van der Waals surface area contributed by atoms with Crippen molar-refractivity contribution in [3.8, 4) is 5.69 Å². The maximum Gasteiger partial charge on any atom is 0.436 e. The molecule has 1 heterocycles. The van der Waals surface area contributed by atoms with Crippen LogP contribution >= 0.6 is 0 Å². The highest BCUT2D eigenvalue weighted by atomic mass is 19.4. The molecule has 0 amide bonds. The van der Waals surface area contributed by atoms with Crippen LogP contribution in [0, 0.1) is 0 Å². The van der Waals surface area contributed by atoms with Gasteiger partial charge in [-0.1, -0.05) is 0 Å². The Bertz CT molecular complexity index is 735. The fourth-order valence-electron chi connectivity index (χ4n) is 1.83. The zero-order valence-electron chi connectivity index (χ0n) is 11.8. The van der Waals surface area contributed by atoms with E-state index in [4.69, 9.17) is 5.11 Å². The molecule has 1 aromatic heterocycles. The zero-order chi connectivity index (χ0) is 17.2. The number of aromatic nitrogens is 2. The van der Waals surface area contributed by atoms with E-state index >= 15 is 0 Å². The average molecular weight is 328 g/mol. The lowest BCUT2D eigenvalue weighted by atomic mass is 10.2. The van der Waals surface area contributed by atoms with Gasteiger partial charge >= 0.3 is 18.1 Å². The van der Waals surface area contributed by atoms with E-state index in [1.165, 1.54) is 31.2 Å². The van der Waals surface area contributed by atoms with Crippen molar-refractivity contribution in [2.24, 2.45) is 0 Å². The number of rotatable bonds is 4. The number of alkyl halides is 3. The zero-order valence-corrected chi connectivity index (χ0v) is 11.8. The minimum Gasteiger partial charge on any atom is -0.478 e. The molecule has 2 rings (SSSR count). The minimum atomic E-state index is -4.83. The lowest BCUT2D eigenvalue weighted by molar-refractivity contribution is -0.141. The number of carbonyl (C=O) groups excluding carboxylic acids is 1. The van der Waals surface area contributed by atoms with Crippen LogP contribution in [-0.4, -0.2) is 33.4 Å². The van der Waals surface area contributed by atoms with Gasteiger partial charge in [0, 0.05) is 6.20 Å². The summed E-state index contributed by atoms with van der Waals surface area (Å²) in [4.78, 5) is 22.4. The largest absolute Gasteiger partial charge is 0.478 e. The molecule has 0 aliphatic rings. The predicted molar refractivity (Wildman–Crippen MR) is 71.5 cm³/mol. The molecule has 0 spiro atoms. The van der Waals surface area contributed by atoms with Crippen molar-refractivity contribution in [1.29, 1.82) is 0 Å². The Morgan fingerprint density at radius 3 is 2.35 bits per heavy atom. The molecule has 0 saturated heterocycles. The van der Waals surface area contributed by atoms with Gasteiger partial charge in [0.1, 0.15) is 5.56 Å². The minimum absolute atomic E-state index is 0.0254. The third-order valence-corrected chi connectivity index (χ3v) is 2.86. The number of hydrogen-bond acceptors (Lipinski definition) is 4. The Morgan fingerprint density at radius 2 is 1.87 bits per heavy atom. The second-order valence-electron chi connectivity index (χ2n) is 4.41. The highest BCUT2D eigenvalue weighted by Gasteiger charge is 2.39. The first-order valence-corrected chi connectivity index (χ1v) is 6.41. The lowest BCUT2D eigenvalue weighted by Crippen LogP contribution is -2.14. The fourth-order valence-corrected chi connectivity index (χ4v) is 1.83. The van der Waals surface area contributed by atoms with Gasteiger partial charge in [-0.3, -0.25) is 0 Å². The fraction of sp³-hybridized carbons (Fsp3) is 0.214. The summed E-state index contributed by atoms with van der Waals surface area (Å²) in [5.41, 5.74) is -1.92. The summed E-state index contributed by atoms with van der Waals surface area (Å²) in [6.07, 6.45) is -3.93. The molecular formula is C14H11F3N2O4. The lowest BCUT2D eigenvalue weighted by Gasteiger charge is -2.05. The van der Waals surface area contributed by atoms with E-state index in [2.05, 4.69) is 9.84 Å². The van der Waals surface area contributed by atoms with E-state index in [0.717, 1.165) is 10.9 Å². The number of carbonyl (C=O) groups is 2. The monoisotopic (exact) mass is 328 g/mol. The van der Waals surface area contributed by atoms with E-state index in [1.54, 1.807) is 0 Å².